The van der Waals surface area contributed by atoms with Gasteiger partial charge in [-0.15, -0.1) is 0 Å². The van der Waals surface area contributed by atoms with Gasteiger partial charge in [0.2, 0.25) is 0 Å². The Morgan fingerprint density at radius 2 is 2.18 bits per heavy atom. The monoisotopic (exact) mass is 233 g/mol. The summed E-state index contributed by atoms with van der Waals surface area (Å²) in [6.07, 6.45) is 3.18. The minimum Gasteiger partial charge on any atom is -0.353 e. The van der Waals surface area contributed by atoms with E-state index in [0.717, 1.165) is 29.8 Å². The number of rotatable bonds is 2. The lowest BCUT2D eigenvalue weighted by molar-refractivity contribution is 0.295. The molecule has 1 aromatic rings. The van der Waals surface area contributed by atoms with Crippen LogP contribution in [0.5, 0.6) is 0 Å². The van der Waals surface area contributed by atoms with E-state index < -0.39 is 0 Å². The summed E-state index contributed by atoms with van der Waals surface area (Å²) >= 11 is 0. The number of nitrogens with zero attached hydrogens (tertiary/aromatic N) is 2. The van der Waals surface area contributed by atoms with Crippen LogP contribution < -0.4 is 10.6 Å². The molecule has 3 heteroatoms. The van der Waals surface area contributed by atoms with Crippen LogP contribution in [0.25, 0.3) is 0 Å². The van der Waals surface area contributed by atoms with Crippen molar-refractivity contribution in [3.05, 3.63) is 23.9 Å². The number of pyridine rings is 1. The molecule has 17 heavy (non-hydrogen) atoms. The number of hydrogen-bond donors (Lipinski definition) is 1. The van der Waals surface area contributed by atoms with E-state index >= 15 is 0 Å². The van der Waals surface area contributed by atoms with Crippen molar-refractivity contribution in [1.82, 2.24) is 4.98 Å². The highest BCUT2D eigenvalue weighted by Gasteiger charge is 2.29. The predicted octanol–water partition coefficient (Wildman–Crippen LogP) is 2.41. The van der Waals surface area contributed by atoms with E-state index in [1.165, 1.54) is 6.42 Å². The van der Waals surface area contributed by atoms with Crippen LogP contribution in [0, 0.1) is 11.8 Å². The van der Waals surface area contributed by atoms with Gasteiger partial charge in [0.15, 0.2) is 0 Å². The molecule has 0 aromatic carbocycles. The predicted molar refractivity (Wildman–Crippen MR) is 71.9 cm³/mol. The van der Waals surface area contributed by atoms with E-state index in [4.69, 9.17) is 5.73 Å². The van der Waals surface area contributed by atoms with Crippen LogP contribution in [-0.2, 0) is 6.54 Å². The van der Waals surface area contributed by atoms with Gasteiger partial charge in [0, 0.05) is 25.3 Å². The Morgan fingerprint density at radius 3 is 2.88 bits per heavy atom. The normalized spacial score (nSPS) is 29.4. The summed E-state index contributed by atoms with van der Waals surface area (Å²) in [6, 6.07) is 4.68. The fraction of sp³-hybridized carbons (Fsp3) is 0.643. The molecule has 0 radical (unpaired) electrons. The van der Waals surface area contributed by atoms with Gasteiger partial charge in [0.1, 0.15) is 5.82 Å². The standard InChI is InChI=1S/C14H23N3/c1-10-6-11(2)12(3)17(9-10)14-7-13(8-15)4-5-16-14/h4-5,7,10-12H,6,8-9,15H2,1-3H3. The van der Waals surface area contributed by atoms with Crippen LogP contribution in [0.15, 0.2) is 18.3 Å². The smallest absolute Gasteiger partial charge is 0.129 e. The average Bonchev–Trinajstić information content (AvgIpc) is 2.34. The Bertz CT molecular complexity index is 377. The van der Waals surface area contributed by atoms with Crippen LogP contribution in [0.2, 0.25) is 0 Å². The lowest BCUT2D eigenvalue weighted by atomic mass is 9.86. The summed E-state index contributed by atoms with van der Waals surface area (Å²) in [7, 11) is 0. The van der Waals surface area contributed by atoms with Gasteiger partial charge in [-0.05, 0) is 42.9 Å². The maximum Gasteiger partial charge on any atom is 0.129 e. The molecule has 3 unspecified atom stereocenters. The number of aromatic nitrogens is 1. The van der Waals surface area contributed by atoms with E-state index in [9.17, 15) is 0 Å². The minimum absolute atomic E-state index is 0.562. The molecule has 1 aliphatic heterocycles. The second-order valence-corrected chi connectivity index (χ2v) is 5.44. The molecule has 1 aromatic heterocycles. The number of nitrogens with two attached hydrogens (primary N) is 1. The summed E-state index contributed by atoms with van der Waals surface area (Å²) in [6.45, 7) is 8.64. The molecular weight excluding hydrogens is 210 g/mol. The molecule has 3 atom stereocenters. The largest absolute Gasteiger partial charge is 0.353 e. The molecule has 0 aliphatic carbocycles. The van der Waals surface area contributed by atoms with E-state index in [-0.39, 0.29) is 0 Å². The fourth-order valence-electron chi connectivity index (χ4n) is 2.76. The third-order valence-electron chi connectivity index (χ3n) is 3.94. The highest BCUT2D eigenvalue weighted by molar-refractivity contribution is 5.42. The Balaban J connectivity index is 2.24. The maximum atomic E-state index is 5.69. The fourth-order valence-corrected chi connectivity index (χ4v) is 2.76. The van der Waals surface area contributed by atoms with Crippen LogP contribution >= 0.6 is 0 Å². The van der Waals surface area contributed by atoms with Crippen molar-refractivity contribution < 1.29 is 0 Å². The van der Waals surface area contributed by atoms with Gasteiger partial charge in [0.25, 0.3) is 0 Å². The van der Waals surface area contributed by atoms with Crippen molar-refractivity contribution in [2.45, 2.75) is 39.8 Å². The van der Waals surface area contributed by atoms with Crippen LogP contribution in [0.4, 0.5) is 5.82 Å². The van der Waals surface area contributed by atoms with Gasteiger partial charge in [-0.2, -0.15) is 0 Å². The van der Waals surface area contributed by atoms with Crippen LogP contribution in [0.3, 0.4) is 0 Å². The zero-order valence-electron chi connectivity index (χ0n) is 11.1. The first-order valence-electron chi connectivity index (χ1n) is 6.53. The van der Waals surface area contributed by atoms with Crippen molar-refractivity contribution in [3.8, 4) is 0 Å². The summed E-state index contributed by atoms with van der Waals surface area (Å²) in [4.78, 5) is 6.93. The topological polar surface area (TPSA) is 42.1 Å². The summed E-state index contributed by atoms with van der Waals surface area (Å²) in [5.41, 5.74) is 6.85. The van der Waals surface area contributed by atoms with Crippen molar-refractivity contribution in [3.63, 3.8) is 0 Å². The quantitative estimate of drug-likeness (QED) is 0.853. The van der Waals surface area contributed by atoms with Crippen LogP contribution in [0.1, 0.15) is 32.8 Å². The van der Waals surface area contributed by atoms with Crippen molar-refractivity contribution in [1.29, 1.82) is 0 Å². The number of anilines is 1. The first-order valence-corrected chi connectivity index (χ1v) is 6.53. The number of piperidine rings is 1. The van der Waals surface area contributed by atoms with E-state index in [1.807, 2.05) is 12.3 Å². The molecule has 0 saturated carbocycles. The van der Waals surface area contributed by atoms with Gasteiger partial charge in [-0.3, -0.25) is 0 Å². The molecule has 2 heterocycles. The first kappa shape index (κ1) is 12.4. The Hall–Kier alpha value is -1.09. The third kappa shape index (κ3) is 2.60. The Labute approximate surface area is 104 Å². The SMILES string of the molecule is CC1CC(C)C(C)N(c2cc(CN)ccn2)C1. The second-order valence-electron chi connectivity index (χ2n) is 5.44. The molecule has 0 bridgehead atoms. The van der Waals surface area contributed by atoms with E-state index in [2.05, 4.69) is 36.7 Å². The molecular formula is C14H23N3. The zero-order chi connectivity index (χ0) is 12.4. The van der Waals surface area contributed by atoms with Gasteiger partial charge in [0.05, 0.1) is 0 Å². The second kappa shape index (κ2) is 5.05. The first-order chi connectivity index (χ1) is 8.11. The average molecular weight is 233 g/mol. The zero-order valence-corrected chi connectivity index (χ0v) is 11.1. The van der Waals surface area contributed by atoms with E-state index in [0.29, 0.717) is 12.6 Å². The van der Waals surface area contributed by atoms with Crippen molar-refractivity contribution in [2.24, 2.45) is 17.6 Å². The third-order valence-corrected chi connectivity index (χ3v) is 3.94. The molecule has 1 fully saturated rings. The highest BCUT2D eigenvalue weighted by Crippen LogP contribution is 2.30. The minimum atomic E-state index is 0.562. The summed E-state index contributed by atoms with van der Waals surface area (Å²) in [5.74, 6) is 2.55. The molecule has 1 aliphatic rings. The lowest BCUT2D eigenvalue weighted by Crippen LogP contribution is -2.46. The molecule has 1 saturated heterocycles. The Morgan fingerprint density at radius 1 is 1.41 bits per heavy atom. The van der Waals surface area contributed by atoms with Gasteiger partial charge < -0.3 is 10.6 Å². The van der Waals surface area contributed by atoms with E-state index in [1.54, 1.807) is 0 Å². The van der Waals surface area contributed by atoms with Crippen molar-refractivity contribution in [2.75, 3.05) is 11.4 Å². The van der Waals surface area contributed by atoms with Gasteiger partial charge >= 0.3 is 0 Å². The molecule has 94 valence electrons. The molecule has 3 nitrogen and oxygen atoms in total. The molecule has 2 rings (SSSR count). The summed E-state index contributed by atoms with van der Waals surface area (Å²) in [5, 5.41) is 0. The molecule has 0 amide bonds. The Kier molecular flexibility index (Phi) is 3.67. The van der Waals surface area contributed by atoms with Gasteiger partial charge in [-0.1, -0.05) is 13.8 Å². The molecule has 2 N–H and O–H groups in total. The van der Waals surface area contributed by atoms with Gasteiger partial charge in [-0.25, -0.2) is 4.98 Å². The van der Waals surface area contributed by atoms with Crippen LogP contribution in [-0.4, -0.2) is 17.6 Å². The molecule has 0 spiro atoms. The maximum absolute atomic E-state index is 5.69. The lowest BCUT2D eigenvalue weighted by Gasteiger charge is -2.42. The summed E-state index contributed by atoms with van der Waals surface area (Å²) < 4.78 is 0. The number of hydrogen-bond acceptors (Lipinski definition) is 3. The highest BCUT2D eigenvalue weighted by atomic mass is 15.2. The van der Waals surface area contributed by atoms with Crippen molar-refractivity contribution >= 4 is 5.82 Å².